The quantitative estimate of drug-likeness (QED) is 0.0683. The Morgan fingerprint density at radius 2 is 0.891 bits per heavy atom. The highest BCUT2D eigenvalue weighted by Gasteiger charge is 2.55. The van der Waals surface area contributed by atoms with Crippen LogP contribution in [-0.2, 0) is 49.7 Å². The van der Waals surface area contributed by atoms with Gasteiger partial charge in [0.2, 0.25) is 0 Å². The summed E-state index contributed by atoms with van der Waals surface area (Å²) in [4.78, 5) is 13.2. The lowest BCUT2D eigenvalue weighted by Gasteiger charge is -2.52. The van der Waals surface area contributed by atoms with E-state index in [4.69, 9.17) is 44.9 Å². The van der Waals surface area contributed by atoms with Gasteiger partial charge in [0.15, 0.2) is 72.8 Å². The maximum Gasteiger partial charge on any atom is 0.186 e. The summed E-state index contributed by atoms with van der Waals surface area (Å²) in [5.74, 6) is 0. The molecule has 1 saturated heterocycles. The Labute approximate surface area is 346 Å². The predicted molar refractivity (Wildman–Crippen MR) is 248 cm³/mol. The molecule has 0 spiro atoms. The first kappa shape index (κ1) is 54.0. The molecule has 328 valence electrons. The fraction of sp³-hybridized carbons (Fsp3) is 0.972. The molecule has 1 heterocycles. The van der Waals surface area contributed by atoms with Gasteiger partial charge in [-0.15, -0.1) is 0 Å². The van der Waals surface area contributed by atoms with Crippen LogP contribution in [0, 0.1) is 0 Å². The zero-order valence-electron chi connectivity index (χ0n) is 39.7. The van der Waals surface area contributed by atoms with E-state index in [1.54, 1.807) is 0 Å². The van der Waals surface area contributed by atoms with Crippen LogP contribution < -0.4 is 0 Å². The van der Waals surface area contributed by atoms with Crippen molar-refractivity contribution in [3.8, 4) is 0 Å². The van der Waals surface area contributed by atoms with Gasteiger partial charge in [-0.3, -0.25) is 0 Å². The molecule has 11 nitrogen and oxygen atoms in total. The first-order chi connectivity index (χ1) is 24.2. The Morgan fingerprint density at radius 3 is 1.27 bits per heavy atom. The molecule has 9 unspecified atom stereocenters. The Kier molecular flexibility index (Phi) is 19.9. The molecule has 19 heteroatoms. The van der Waals surface area contributed by atoms with E-state index in [0.29, 0.717) is 6.61 Å². The minimum atomic E-state index is -2.35. The number of ether oxygens (including phenoxy) is 2. The molecule has 0 aromatic heterocycles. The second-order valence-corrected chi connectivity index (χ2v) is 58.7. The largest absolute Gasteiger partial charge is 0.415 e. The van der Waals surface area contributed by atoms with Crippen molar-refractivity contribution in [1.29, 1.82) is 0 Å². The smallest absolute Gasteiger partial charge is 0.186 e. The van der Waals surface area contributed by atoms with E-state index in [1.165, 1.54) is 0 Å². The zero-order chi connectivity index (χ0) is 43.4. The lowest BCUT2D eigenvalue weighted by atomic mass is 9.98. The van der Waals surface area contributed by atoms with Gasteiger partial charge in [0.05, 0.1) is 19.3 Å². The van der Waals surface area contributed by atoms with Crippen molar-refractivity contribution in [3.05, 3.63) is 0 Å². The van der Waals surface area contributed by atoms with E-state index in [9.17, 15) is 4.79 Å². The maximum atomic E-state index is 13.2. The standard InChI is InChI=1S/C36H86O11Si8/c1-48(2,3)38-26-29-33(45-53(16,17)18)34(46-54(19,20)21)35(47-55(22,23)24)36(40-29)41-31(30(43-51(10,11)12)27-39-49(4,5)6)32(44-52(13,14)15)28(25-37)42-50(7,8)9/h25,28-36H,26-27H2,1-24H3. The molecule has 9 atom stereocenters. The van der Waals surface area contributed by atoms with Crippen molar-refractivity contribution < 1.29 is 49.7 Å². The minimum absolute atomic E-state index is 0.263. The van der Waals surface area contributed by atoms with Gasteiger partial charge in [-0.25, -0.2) is 0 Å². The molecule has 0 aromatic carbocycles. The molecule has 1 aliphatic rings. The van der Waals surface area contributed by atoms with Crippen LogP contribution in [-0.4, -0.2) is 141 Å². The van der Waals surface area contributed by atoms with Gasteiger partial charge >= 0.3 is 0 Å². The fourth-order valence-corrected chi connectivity index (χ4v) is 13.7. The van der Waals surface area contributed by atoms with Crippen LogP contribution >= 0.6 is 0 Å². The predicted octanol–water partition coefficient (Wildman–Crippen LogP) is 9.32. The van der Waals surface area contributed by atoms with Gasteiger partial charge in [0.25, 0.3) is 0 Å². The van der Waals surface area contributed by atoms with Crippen molar-refractivity contribution in [3.63, 3.8) is 0 Å². The van der Waals surface area contributed by atoms with Crippen molar-refractivity contribution in [2.75, 3.05) is 13.2 Å². The summed E-state index contributed by atoms with van der Waals surface area (Å²) in [5.41, 5.74) is 0. The maximum absolute atomic E-state index is 13.2. The number of rotatable bonds is 24. The summed E-state index contributed by atoms with van der Waals surface area (Å²) in [7, 11) is -17.5. The Bertz CT molecular complexity index is 1160. The van der Waals surface area contributed by atoms with Crippen LogP contribution in [0.25, 0.3) is 0 Å². The van der Waals surface area contributed by atoms with Crippen LogP contribution in [0.2, 0.25) is 157 Å². The van der Waals surface area contributed by atoms with Crippen LogP contribution in [0.5, 0.6) is 0 Å². The Hall–Kier alpha value is 1.01. The SMILES string of the molecule is C[Si](C)(C)OCC(O[Si](C)(C)C)C(OC1OC(CO[Si](C)(C)C)C(O[Si](C)(C)C)C(O[Si](C)(C)C)C1O[Si](C)(C)C)C(O[Si](C)(C)C)C(C=O)O[Si](C)(C)C. The topological polar surface area (TPSA) is 109 Å². The molecular weight excluding hydrogens is 833 g/mol. The fourth-order valence-electron chi connectivity index (χ4n) is 5.90. The Morgan fingerprint density at radius 1 is 0.473 bits per heavy atom. The monoisotopic (exact) mass is 918 g/mol. The van der Waals surface area contributed by atoms with E-state index in [-0.39, 0.29) is 6.61 Å². The number of carbonyl (C=O) groups excluding carboxylic acids is 1. The molecule has 0 N–H and O–H groups in total. The number of hydrogen-bond donors (Lipinski definition) is 0. The molecular formula is C36H86O11Si8. The third kappa shape index (κ3) is 23.6. The first-order valence-corrected chi connectivity index (χ1v) is 47.6. The van der Waals surface area contributed by atoms with E-state index >= 15 is 0 Å². The van der Waals surface area contributed by atoms with Crippen molar-refractivity contribution in [2.45, 2.75) is 212 Å². The van der Waals surface area contributed by atoms with Gasteiger partial charge in [-0.2, -0.15) is 0 Å². The third-order valence-electron chi connectivity index (χ3n) is 7.34. The lowest BCUT2D eigenvalue weighted by Crippen LogP contribution is -2.68. The van der Waals surface area contributed by atoms with Gasteiger partial charge in [-0.05, 0) is 157 Å². The van der Waals surface area contributed by atoms with Gasteiger partial charge in [0, 0.05) is 0 Å². The van der Waals surface area contributed by atoms with E-state index in [1.807, 2.05) is 0 Å². The second kappa shape index (κ2) is 20.3. The summed E-state index contributed by atoms with van der Waals surface area (Å²) >= 11 is 0. The third-order valence-corrected chi connectivity index (χ3v) is 15.3. The van der Waals surface area contributed by atoms with Gasteiger partial charge < -0.3 is 49.7 Å². The van der Waals surface area contributed by atoms with Crippen LogP contribution in [0.3, 0.4) is 0 Å². The lowest BCUT2D eigenvalue weighted by molar-refractivity contribution is -0.316. The highest BCUT2D eigenvalue weighted by molar-refractivity contribution is 6.72. The van der Waals surface area contributed by atoms with Crippen LogP contribution in [0.15, 0.2) is 0 Å². The molecule has 1 rings (SSSR count). The summed E-state index contributed by atoms with van der Waals surface area (Å²) in [6.45, 7) is 52.3. The highest BCUT2D eigenvalue weighted by atomic mass is 28.4. The van der Waals surface area contributed by atoms with E-state index < -0.39 is 122 Å². The summed E-state index contributed by atoms with van der Waals surface area (Å²) in [6.07, 6.45) is -5.37. The molecule has 0 amide bonds. The summed E-state index contributed by atoms with van der Waals surface area (Å²) < 4.78 is 69.9. The average Bonchev–Trinajstić information content (AvgIpc) is 2.89. The number of aldehydes is 1. The van der Waals surface area contributed by atoms with Crippen molar-refractivity contribution in [1.82, 2.24) is 0 Å². The van der Waals surface area contributed by atoms with Gasteiger partial charge in [0.1, 0.15) is 49.0 Å². The summed E-state index contributed by atoms with van der Waals surface area (Å²) in [5, 5.41) is 0. The molecule has 55 heavy (non-hydrogen) atoms. The average molecular weight is 920 g/mol. The summed E-state index contributed by atoms with van der Waals surface area (Å²) in [6, 6.07) is 0. The number of hydrogen-bond acceptors (Lipinski definition) is 11. The normalized spacial score (nSPS) is 25.1. The highest BCUT2D eigenvalue weighted by Crippen LogP contribution is 2.37. The minimum Gasteiger partial charge on any atom is -0.415 e. The van der Waals surface area contributed by atoms with E-state index in [2.05, 4.69) is 157 Å². The van der Waals surface area contributed by atoms with E-state index in [0.717, 1.165) is 6.29 Å². The van der Waals surface area contributed by atoms with Crippen LogP contribution in [0.1, 0.15) is 0 Å². The van der Waals surface area contributed by atoms with Crippen LogP contribution in [0.4, 0.5) is 0 Å². The van der Waals surface area contributed by atoms with Crippen molar-refractivity contribution in [2.24, 2.45) is 0 Å². The second-order valence-electron chi connectivity index (χ2n) is 22.9. The van der Waals surface area contributed by atoms with Gasteiger partial charge in [-0.1, -0.05) is 0 Å². The molecule has 0 aliphatic carbocycles. The first-order valence-electron chi connectivity index (χ1n) is 20.3. The molecule has 1 fully saturated rings. The number of carbonyl (C=O) groups is 1. The Balaban J connectivity index is 4.31. The zero-order valence-corrected chi connectivity index (χ0v) is 47.7. The molecule has 1 aliphatic heterocycles. The van der Waals surface area contributed by atoms with Crippen molar-refractivity contribution >= 4 is 72.8 Å². The molecule has 0 bridgehead atoms. The molecule has 0 saturated carbocycles. The molecule has 0 aromatic rings. The molecule has 0 radical (unpaired) electrons.